The first-order valence-corrected chi connectivity index (χ1v) is 11.2. The van der Waals surface area contributed by atoms with Crippen LogP contribution in [-0.4, -0.2) is 59.2 Å². The van der Waals surface area contributed by atoms with Crippen LogP contribution in [0.1, 0.15) is 12.5 Å². The van der Waals surface area contributed by atoms with Crippen molar-refractivity contribution in [2.75, 3.05) is 24.2 Å². The van der Waals surface area contributed by atoms with Crippen LogP contribution in [0.15, 0.2) is 42.5 Å². The summed E-state index contributed by atoms with van der Waals surface area (Å²) >= 11 is 0.966. The van der Waals surface area contributed by atoms with Crippen LogP contribution in [0, 0.1) is 5.82 Å². The fourth-order valence-corrected chi connectivity index (χ4v) is 4.49. The largest absolute Gasteiger partial charge is 0.483 e. The van der Waals surface area contributed by atoms with E-state index in [0.29, 0.717) is 15.9 Å². The minimum Gasteiger partial charge on any atom is -0.483 e. The Hall–Kier alpha value is -3.78. The molecule has 1 aromatic heterocycles. The summed E-state index contributed by atoms with van der Waals surface area (Å²) < 4.78 is 56.0. The molecule has 3 amide bonds. The van der Waals surface area contributed by atoms with Gasteiger partial charge in [0, 0.05) is 25.3 Å². The minimum absolute atomic E-state index is 0.0289. The quantitative estimate of drug-likeness (QED) is 0.302. The maximum atomic E-state index is 14.2. The highest BCUT2D eigenvalue weighted by Crippen LogP contribution is 2.43. The standard InChI is InChI=1S/C21H19F4N5O2S.CH2O2/c1-11-10-26-20(21(23,24)25,17(31)30(11)2)12-3-8-15-16(9-12)33-19(28-15)29-18(32)27-14-6-4-13(22)5-7-14;2-1-3/h3-9,11,26H,10H2,1-2H3,(H2,27,28,29,32);1H,(H,2,3). The normalized spacial score (nSPS) is 19.9. The average Bonchev–Trinajstić information content (AvgIpc) is 3.20. The van der Waals surface area contributed by atoms with Crippen LogP contribution in [0.2, 0.25) is 0 Å². The molecule has 0 spiro atoms. The number of fused-ring (bicyclic) bond motifs is 1. The van der Waals surface area contributed by atoms with Crippen molar-refractivity contribution < 1.29 is 37.1 Å². The fraction of sp³-hybridized carbons (Fsp3) is 0.273. The lowest BCUT2D eigenvalue weighted by Crippen LogP contribution is -2.70. The van der Waals surface area contributed by atoms with Gasteiger partial charge in [-0.2, -0.15) is 13.2 Å². The van der Waals surface area contributed by atoms with Crippen molar-refractivity contribution in [3.63, 3.8) is 0 Å². The smallest absolute Gasteiger partial charge is 0.419 e. The summed E-state index contributed by atoms with van der Waals surface area (Å²) in [6.45, 7) is 1.38. The third kappa shape index (κ3) is 5.23. The number of likely N-dealkylation sites (N-methyl/N-ethyl adjacent to an activating group) is 1. The van der Waals surface area contributed by atoms with Crippen LogP contribution in [0.5, 0.6) is 0 Å². The van der Waals surface area contributed by atoms with Gasteiger partial charge in [-0.1, -0.05) is 17.4 Å². The van der Waals surface area contributed by atoms with Crippen LogP contribution in [0.25, 0.3) is 10.2 Å². The van der Waals surface area contributed by atoms with E-state index < -0.39 is 35.5 Å². The van der Waals surface area contributed by atoms with E-state index >= 15 is 0 Å². The van der Waals surface area contributed by atoms with Crippen molar-refractivity contribution in [1.29, 1.82) is 0 Å². The molecule has 0 bridgehead atoms. The Bertz CT molecular complexity index is 1270. The van der Waals surface area contributed by atoms with Crippen LogP contribution < -0.4 is 16.0 Å². The van der Waals surface area contributed by atoms with Gasteiger partial charge in [-0.3, -0.25) is 20.2 Å². The van der Waals surface area contributed by atoms with E-state index in [1.165, 1.54) is 49.5 Å². The highest BCUT2D eigenvalue weighted by atomic mass is 32.1. The van der Waals surface area contributed by atoms with Crippen molar-refractivity contribution in [3.05, 3.63) is 53.8 Å². The Morgan fingerprint density at radius 1 is 1.25 bits per heavy atom. The zero-order chi connectivity index (χ0) is 26.7. The topological polar surface area (TPSA) is 124 Å². The molecule has 0 radical (unpaired) electrons. The van der Waals surface area contributed by atoms with Crippen molar-refractivity contribution in [1.82, 2.24) is 15.2 Å². The molecule has 3 aromatic rings. The molecule has 4 rings (SSSR count). The van der Waals surface area contributed by atoms with Crippen LogP contribution in [0.3, 0.4) is 0 Å². The van der Waals surface area contributed by atoms with Gasteiger partial charge in [-0.15, -0.1) is 0 Å². The number of piperazine rings is 1. The minimum atomic E-state index is -4.88. The number of alkyl halides is 3. The first-order chi connectivity index (χ1) is 16.9. The summed E-state index contributed by atoms with van der Waals surface area (Å²) in [5.74, 6) is -1.54. The lowest BCUT2D eigenvalue weighted by molar-refractivity contribution is -0.215. The maximum absolute atomic E-state index is 14.2. The number of nitrogens with one attached hydrogen (secondary N) is 3. The number of carboxylic acid groups (broad SMARTS) is 1. The van der Waals surface area contributed by atoms with E-state index in [4.69, 9.17) is 9.90 Å². The highest BCUT2D eigenvalue weighted by molar-refractivity contribution is 7.22. The molecule has 14 heteroatoms. The van der Waals surface area contributed by atoms with Gasteiger partial charge < -0.3 is 15.3 Å². The first-order valence-electron chi connectivity index (χ1n) is 10.3. The van der Waals surface area contributed by atoms with E-state index in [1.54, 1.807) is 6.92 Å². The number of aromatic nitrogens is 1. The Labute approximate surface area is 206 Å². The number of halogens is 4. The molecule has 0 aliphatic carbocycles. The molecule has 36 heavy (non-hydrogen) atoms. The number of benzene rings is 2. The van der Waals surface area contributed by atoms with Gasteiger partial charge in [0.15, 0.2) is 5.13 Å². The van der Waals surface area contributed by atoms with Gasteiger partial charge in [0.2, 0.25) is 5.54 Å². The predicted molar refractivity (Wildman–Crippen MR) is 125 cm³/mol. The van der Waals surface area contributed by atoms with E-state index in [2.05, 4.69) is 20.9 Å². The van der Waals surface area contributed by atoms with Gasteiger partial charge in [0.25, 0.3) is 12.4 Å². The Morgan fingerprint density at radius 2 is 1.89 bits per heavy atom. The molecule has 2 atom stereocenters. The number of hydrogen-bond donors (Lipinski definition) is 4. The van der Waals surface area contributed by atoms with Gasteiger partial charge in [-0.25, -0.2) is 14.2 Å². The SMILES string of the molecule is CC1CNC(c2ccc3nc(NC(=O)Nc4ccc(F)cc4)sc3c2)(C(F)(F)F)C(=O)N1C.O=CO. The van der Waals surface area contributed by atoms with Crippen LogP contribution in [0.4, 0.5) is 33.2 Å². The Balaban J connectivity index is 0.00000115. The maximum Gasteiger partial charge on any atom is 0.419 e. The van der Waals surface area contributed by atoms with Crippen LogP contribution >= 0.6 is 11.3 Å². The first kappa shape index (κ1) is 26.8. The van der Waals surface area contributed by atoms with Crippen molar-refractivity contribution >= 4 is 50.8 Å². The molecule has 1 aliphatic rings. The summed E-state index contributed by atoms with van der Waals surface area (Å²) in [5, 5.41) is 14.5. The third-order valence-electron chi connectivity index (χ3n) is 5.53. The summed E-state index contributed by atoms with van der Waals surface area (Å²) in [4.78, 5) is 38.7. The molecule has 1 aliphatic heterocycles. The average molecular weight is 528 g/mol. The zero-order valence-electron chi connectivity index (χ0n) is 18.9. The van der Waals surface area contributed by atoms with Gasteiger partial charge in [0.1, 0.15) is 5.82 Å². The van der Waals surface area contributed by atoms with Gasteiger partial charge >= 0.3 is 12.2 Å². The molecule has 192 valence electrons. The third-order valence-corrected chi connectivity index (χ3v) is 6.47. The molecule has 1 fully saturated rings. The van der Waals surface area contributed by atoms with Crippen LogP contribution in [-0.2, 0) is 15.1 Å². The molecule has 1 saturated heterocycles. The van der Waals surface area contributed by atoms with E-state index in [-0.39, 0.29) is 23.7 Å². The summed E-state index contributed by atoms with van der Waals surface area (Å²) in [5.41, 5.74) is -2.41. The lowest BCUT2D eigenvalue weighted by Gasteiger charge is -2.45. The fourth-order valence-electron chi connectivity index (χ4n) is 3.59. The van der Waals surface area contributed by atoms with E-state index in [9.17, 15) is 27.2 Å². The van der Waals surface area contributed by atoms with Gasteiger partial charge in [-0.05, 0) is 48.9 Å². The summed E-state index contributed by atoms with van der Waals surface area (Å²) in [6, 6.07) is 7.94. The molecule has 0 saturated carbocycles. The predicted octanol–water partition coefficient (Wildman–Crippen LogP) is 3.99. The zero-order valence-corrected chi connectivity index (χ0v) is 19.7. The Morgan fingerprint density at radius 3 is 2.50 bits per heavy atom. The van der Waals surface area contributed by atoms with Crippen molar-refractivity contribution in [2.45, 2.75) is 24.7 Å². The second-order valence-corrected chi connectivity index (χ2v) is 8.82. The number of carbonyl (C=O) groups is 3. The second kappa shape index (κ2) is 10.5. The van der Waals surface area contributed by atoms with Crippen molar-refractivity contribution in [2.24, 2.45) is 0 Å². The number of urea groups is 1. The van der Waals surface area contributed by atoms with E-state index in [1.807, 2.05) is 0 Å². The van der Waals surface area contributed by atoms with Crippen molar-refractivity contribution in [3.8, 4) is 0 Å². The number of thiazole rings is 1. The number of amides is 3. The highest BCUT2D eigenvalue weighted by Gasteiger charge is 2.64. The number of hydrogen-bond acceptors (Lipinski definition) is 6. The Kier molecular flexibility index (Phi) is 7.79. The molecule has 2 heterocycles. The number of carbonyl (C=O) groups excluding carboxylic acids is 2. The molecule has 9 nitrogen and oxygen atoms in total. The summed E-state index contributed by atoms with van der Waals surface area (Å²) in [6.07, 6.45) is -4.88. The van der Waals surface area contributed by atoms with Gasteiger partial charge in [0.05, 0.1) is 10.2 Å². The molecule has 2 unspecified atom stereocenters. The molecular weight excluding hydrogens is 506 g/mol. The lowest BCUT2D eigenvalue weighted by atomic mass is 9.84. The molecule has 4 N–H and O–H groups in total. The number of rotatable bonds is 3. The second-order valence-electron chi connectivity index (χ2n) is 7.79. The van der Waals surface area contributed by atoms with E-state index in [0.717, 1.165) is 16.2 Å². The number of anilines is 2. The number of nitrogens with zero attached hydrogens (tertiary/aromatic N) is 2. The summed E-state index contributed by atoms with van der Waals surface area (Å²) in [7, 11) is 1.35. The molecule has 2 aromatic carbocycles. The monoisotopic (exact) mass is 527 g/mol. The molecular formula is C22H21F4N5O4S.